The Bertz CT molecular complexity index is 326. The van der Waals surface area contributed by atoms with E-state index in [1.165, 1.54) is 0 Å². The summed E-state index contributed by atoms with van der Waals surface area (Å²) in [5.74, 6) is 0. The van der Waals surface area contributed by atoms with Crippen LogP contribution in [0, 0.1) is 0 Å². The van der Waals surface area contributed by atoms with Gasteiger partial charge < -0.3 is 0 Å². The molecule has 0 radical (unpaired) electrons. The zero-order valence-corrected chi connectivity index (χ0v) is 12.9. The first-order chi connectivity index (χ1) is 6.12. The van der Waals surface area contributed by atoms with E-state index in [1.807, 2.05) is 0 Å². The molecule has 0 saturated heterocycles. The van der Waals surface area contributed by atoms with E-state index in [4.69, 9.17) is 0 Å². The molecule has 80 valence electrons. The number of rotatable bonds is 4. The Morgan fingerprint density at radius 2 is 1.00 bits per heavy atom. The second-order valence-electron chi connectivity index (χ2n) is 1.20. The van der Waals surface area contributed by atoms with Crippen molar-refractivity contribution in [2.45, 2.75) is 0 Å². The summed E-state index contributed by atoms with van der Waals surface area (Å²) in [6, 6.07) is 0. The van der Waals surface area contributed by atoms with Gasteiger partial charge in [-0.3, -0.25) is 0 Å². The number of hydrogen-bond acceptors (Lipinski definition) is 10. The van der Waals surface area contributed by atoms with Gasteiger partial charge in [0.15, 0.2) is 0 Å². The van der Waals surface area contributed by atoms with E-state index in [-0.39, 0.29) is 37.7 Å². The third-order valence-corrected chi connectivity index (χ3v) is 2.83. The minimum absolute atomic E-state index is 0. The van der Waals surface area contributed by atoms with Gasteiger partial charge in [-0.1, -0.05) is 0 Å². The van der Waals surface area contributed by atoms with E-state index >= 15 is 0 Å². The molecule has 0 aromatic carbocycles. The molecule has 10 nitrogen and oxygen atoms in total. The van der Waals surface area contributed by atoms with Gasteiger partial charge in [0, 0.05) is 0 Å². The van der Waals surface area contributed by atoms with Crippen molar-refractivity contribution < 1.29 is 40.0 Å². The van der Waals surface area contributed by atoms with E-state index in [0.29, 0.717) is 0 Å². The van der Waals surface area contributed by atoms with Gasteiger partial charge in [0.05, 0.1) is 0 Å². The molecular formula is Al2CaO10S2. The summed E-state index contributed by atoms with van der Waals surface area (Å²) in [6.07, 6.45) is 0. The van der Waals surface area contributed by atoms with Crippen molar-refractivity contribution in [1.29, 1.82) is 0 Å². The molecule has 0 atom stereocenters. The fraction of sp³-hybridized carbons (Fsp3) is 0. The molecule has 0 saturated carbocycles. The van der Waals surface area contributed by atoms with E-state index < -0.39 is 51.8 Å². The van der Waals surface area contributed by atoms with Gasteiger partial charge in [0.2, 0.25) is 0 Å². The van der Waals surface area contributed by atoms with Crippen molar-refractivity contribution in [2.75, 3.05) is 0 Å². The quantitative estimate of drug-likeness (QED) is 0.288. The van der Waals surface area contributed by atoms with Crippen molar-refractivity contribution in [3.8, 4) is 0 Å². The van der Waals surface area contributed by atoms with E-state index in [0.717, 1.165) is 0 Å². The first-order valence-corrected chi connectivity index (χ1v) is 6.83. The molecule has 15 heavy (non-hydrogen) atoms. The monoisotopic (exact) mass is 318 g/mol. The standard InChI is InChI=1S/2Al.Ca.2H2O4S.2O/c;;;2*1-5(2,3)4;;/h;;;2*(H2,1,2,3,4);;/q2*+1;+2;;;;/p-4. The van der Waals surface area contributed by atoms with E-state index in [9.17, 15) is 33.5 Å². The van der Waals surface area contributed by atoms with Crippen LogP contribution in [0.5, 0.6) is 0 Å². The summed E-state index contributed by atoms with van der Waals surface area (Å²) < 4.78 is 80.4. The summed E-state index contributed by atoms with van der Waals surface area (Å²) in [5, 5.41) is 0. The fourth-order valence-corrected chi connectivity index (χ4v) is 0.866. The molecule has 0 fully saturated rings. The van der Waals surface area contributed by atoms with Crippen LogP contribution < -0.4 is 0 Å². The summed E-state index contributed by atoms with van der Waals surface area (Å²) in [4.78, 5) is 0. The average Bonchev–Trinajstić information content (AvgIpc) is 1.81. The Morgan fingerprint density at radius 3 is 1.00 bits per heavy atom. The van der Waals surface area contributed by atoms with Crippen molar-refractivity contribution in [2.24, 2.45) is 0 Å². The third-order valence-electron chi connectivity index (χ3n) is 0.314. The van der Waals surface area contributed by atoms with E-state index in [1.54, 1.807) is 0 Å². The Morgan fingerprint density at radius 1 is 0.800 bits per heavy atom. The van der Waals surface area contributed by atoms with Crippen molar-refractivity contribution in [1.82, 2.24) is 0 Å². The van der Waals surface area contributed by atoms with Gasteiger partial charge in [0.25, 0.3) is 0 Å². The van der Waals surface area contributed by atoms with Gasteiger partial charge >= 0.3 is 130 Å². The van der Waals surface area contributed by atoms with Crippen molar-refractivity contribution in [3.63, 3.8) is 0 Å². The predicted molar refractivity (Wildman–Crippen MR) is 40.2 cm³/mol. The molecule has 0 aliphatic rings. The van der Waals surface area contributed by atoms with Crippen LogP contribution in [-0.2, 0) is 34.9 Å². The van der Waals surface area contributed by atoms with Gasteiger partial charge in [-0.25, -0.2) is 0 Å². The summed E-state index contributed by atoms with van der Waals surface area (Å²) in [7, 11) is -9.40. The second-order valence-corrected chi connectivity index (χ2v) is 4.76. The van der Waals surface area contributed by atoms with Gasteiger partial charge in [-0.15, -0.1) is 0 Å². The molecule has 0 amide bonds. The molecule has 0 aliphatic carbocycles. The van der Waals surface area contributed by atoms with Crippen LogP contribution in [0.4, 0.5) is 0 Å². The first-order valence-electron chi connectivity index (χ1n) is 2.28. The summed E-state index contributed by atoms with van der Waals surface area (Å²) in [5.41, 5.74) is 0. The molecule has 0 bridgehead atoms. The van der Waals surface area contributed by atoms with Crippen LogP contribution >= 0.6 is 0 Å². The molecule has 0 aromatic rings. The van der Waals surface area contributed by atoms with Gasteiger partial charge in [0.1, 0.15) is 0 Å². The topological polar surface area (TPSA) is 167 Å². The molecule has 0 spiro atoms. The van der Waals surface area contributed by atoms with Crippen LogP contribution in [0.1, 0.15) is 0 Å². The predicted octanol–water partition coefficient (Wildman–Crippen LogP) is -3.52. The van der Waals surface area contributed by atoms with Crippen LogP contribution in [0.15, 0.2) is 0 Å². The van der Waals surface area contributed by atoms with Crippen molar-refractivity contribution in [3.05, 3.63) is 0 Å². The van der Waals surface area contributed by atoms with Crippen LogP contribution in [0.2, 0.25) is 0 Å². The maximum absolute atomic E-state index is 9.27. The average molecular weight is 318 g/mol. The molecule has 0 N–H and O–H groups in total. The van der Waals surface area contributed by atoms with Gasteiger partial charge in [-0.05, 0) is 0 Å². The molecular weight excluding hydrogens is 318 g/mol. The Labute approximate surface area is 128 Å². The zero-order valence-electron chi connectivity index (χ0n) is 6.76. The zero-order chi connectivity index (χ0) is 11.8. The minimum atomic E-state index is -4.70. The molecule has 0 rings (SSSR count). The van der Waals surface area contributed by atoms with E-state index in [2.05, 4.69) is 6.47 Å². The summed E-state index contributed by atoms with van der Waals surface area (Å²) in [6.45, 7) is 0. The SMILES string of the molecule is [Ca+2].[O]=[Al][O]S(=O)(=O)[O-].[O]=[Al][O]S(=O)(=O)[O-]. The summed E-state index contributed by atoms with van der Waals surface area (Å²) >= 11 is -3.88. The Kier molecular flexibility index (Phi) is 15.1. The molecule has 0 heterocycles. The van der Waals surface area contributed by atoms with Gasteiger partial charge in [-0.2, -0.15) is 0 Å². The molecule has 0 aromatic heterocycles. The molecule has 0 aliphatic heterocycles. The van der Waals surface area contributed by atoms with Crippen molar-refractivity contribution >= 4 is 89.5 Å². The fourth-order valence-electron chi connectivity index (χ4n) is 0.0962. The second kappa shape index (κ2) is 10.5. The van der Waals surface area contributed by atoms with Crippen LogP contribution in [-0.4, -0.2) is 94.7 Å². The maximum atomic E-state index is 9.27. The first kappa shape index (κ1) is 21.6. The van der Waals surface area contributed by atoms with Crippen LogP contribution in [0.25, 0.3) is 0 Å². The Hall–Kier alpha value is 1.34. The normalized spacial score (nSPS) is 9.20. The molecule has 15 heteroatoms. The Balaban J connectivity index is -0.000000180. The van der Waals surface area contributed by atoms with Crippen LogP contribution in [0.3, 0.4) is 0 Å². The number of hydrogen-bond donors (Lipinski definition) is 0. The molecule has 0 unspecified atom stereocenters. The third kappa shape index (κ3) is 31.3.